The second-order valence-electron chi connectivity index (χ2n) is 6.99. The third-order valence-electron chi connectivity index (χ3n) is 4.47. The maximum absolute atomic E-state index is 13.4. The van der Waals surface area contributed by atoms with Gasteiger partial charge in [0, 0.05) is 31.0 Å². The lowest BCUT2D eigenvalue weighted by Gasteiger charge is -2.31. The Hall–Kier alpha value is -2.73. The van der Waals surface area contributed by atoms with E-state index in [9.17, 15) is 4.39 Å². The molecular formula is C20H22FN5. The number of nitrogens with one attached hydrogen (secondary N) is 1. The highest BCUT2D eigenvalue weighted by Crippen LogP contribution is 2.38. The molecule has 4 rings (SSSR count). The lowest BCUT2D eigenvalue weighted by Crippen LogP contribution is -2.40. The van der Waals surface area contributed by atoms with Gasteiger partial charge in [0.15, 0.2) is 0 Å². The maximum Gasteiger partial charge on any atom is 0.147 e. The van der Waals surface area contributed by atoms with E-state index in [1.165, 1.54) is 12.1 Å². The third kappa shape index (κ3) is 3.20. The van der Waals surface area contributed by atoms with Crippen LogP contribution in [-0.2, 0) is 6.54 Å². The van der Waals surface area contributed by atoms with Gasteiger partial charge in [-0.15, -0.1) is 0 Å². The molecule has 0 atom stereocenters. The van der Waals surface area contributed by atoms with Crippen molar-refractivity contribution in [3.63, 3.8) is 0 Å². The molecule has 0 saturated carbocycles. The van der Waals surface area contributed by atoms with Crippen LogP contribution in [0.5, 0.6) is 0 Å². The largest absolute Gasteiger partial charge is 0.303 e. The summed E-state index contributed by atoms with van der Waals surface area (Å²) >= 11 is 0. The molecule has 0 radical (unpaired) electrons. The molecule has 1 aliphatic rings. The number of pyridine rings is 1. The molecule has 0 unspecified atom stereocenters. The third-order valence-corrected chi connectivity index (χ3v) is 4.47. The van der Waals surface area contributed by atoms with Crippen molar-refractivity contribution in [1.29, 1.82) is 0 Å². The van der Waals surface area contributed by atoms with Crippen molar-refractivity contribution in [3.05, 3.63) is 54.6 Å². The van der Waals surface area contributed by atoms with Crippen molar-refractivity contribution in [2.24, 2.45) is 5.92 Å². The van der Waals surface area contributed by atoms with Crippen LogP contribution in [0.25, 0.3) is 22.4 Å². The van der Waals surface area contributed by atoms with E-state index in [2.05, 4.69) is 29.3 Å². The van der Waals surface area contributed by atoms with Crippen LogP contribution in [0.3, 0.4) is 0 Å². The molecule has 0 fully saturated rings. The summed E-state index contributed by atoms with van der Waals surface area (Å²) < 4.78 is 15.4. The van der Waals surface area contributed by atoms with Crippen LogP contribution < -0.4 is 5.43 Å². The second kappa shape index (κ2) is 6.88. The zero-order valence-corrected chi connectivity index (χ0v) is 15.0. The highest BCUT2D eigenvalue weighted by atomic mass is 19.1. The van der Waals surface area contributed by atoms with Gasteiger partial charge < -0.3 is 5.43 Å². The Balaban J connectivity index is 1.83. The molecular weight excluding hydrogens is 329 g/mol. The molecule has 26 heavy (non-hydrogen) atoms. The number of hydrazine groups is 1. The van der Waals surface area contributed by atoms with E-state index in [4.69, 9.17) is 5.10 Å². The minimum absolute atomic E-state index is 0.246. The minimum atomic E-state index is -0.246. The lowest BCUT2D eigenvalue weighted by atomic mass is 10.0. The molecule has 6 heteroatoms. The van der Waals surface area contributed by atoms with Crippen molar-refractivity contribution in [2.45, 2.75) is 20.4 Å². The first kappa shape index (κ1) is 16.7. The van der Waals surface area contributed by atoms with Crippen LogP contribution in [0.1, 0.15) is 13.8 Å². The summed E-state index contributed by atoms with van der Waals surface area (Å²) in [4.78, 5) is 4.13. The predicted octanol–water partition coefficient (Wildman–Crippen LogP) is 4.05. The van der Waals surface area contributed by atoms with Crippen molar-refractivity contribution in [3.8, 4) is 22.4 Å². The van der Waals surface area contributed by atoms with E-state index in [0.717, 1.165) is 47.8 Å². The van der Waals surface area contributed by atoms with E-state index in [0.29, 0.717) is 5.92 Å². The molecule has 3 heterocycles. The second-order valence-corrected chi connectivity index (χ2v) is 6.99. The van der Waals surface area contributed by atoms with E-state index < -0.39 is 0 Å². The Bertz CT molecular complexity index is 887. The molecule has 1 aromatic carbocycles. The lowest BCUT2D eigenvalue weighted by molar-refractivity contribution is 0.254. The first-order valence-electron chi connectivity index (χ1n) is 8.90. The van der Waals surface area contributed by atoms with Crippen LogP contribution in [0.2, 0.25) is 0 Å². The van der Waals surface area contributed by atoms with Gasteiger partial charge in [0.2, 0.25) is 0 Å². The number of aromatic nitrogens is 3. The van der Waals surface area contributed by atoms with Gasteiger partial charge in [0.25, 0.3) is 0 Å². The van der Waals surface area contributed by atoms with Gasteiger partial charge in [-0.3, -0.25) is 4.98 Å². The van der Waals surface area contributed by atoms with E-state index >= 15 is 0 Å². The van der Waals surface area contributed by atoms with Gasteiger partial charge in [-0.2, -0.15) is 5.10 Å². The molecule has 0 amide bonds. The summed E-state index contributed by atoms with van der Waals surface area (Å²) in [5, 5.41) is 7.06. The average Bonchev–Trinajstić information content (AvgIpc) is 3.01. The number of hydrogen-bond donors (Lipinski definition) is 1. The summed E-state index contributed by atoms with van der Waals surface area (Å²) in [5.74, 6) is 1.30. The number of rotatable bonds is 4. The molecule has 2 aromatic heterocycles. The summed E-state index contributed by atoms with van der Waals surface area (Å²) in [7, 11) is 0. The van der Waals surface area contributed by atoms with Crippen LogP contribution in [0, 0.1) is 11.7 Å². The number of nitrogens with zero attached hydrogens (tertiary/aromatic N) is 4. The number of halogens is 1. The topological polar surface area (TPSA) is 46.0 Å². The van der Waals surface area contributed by atoms with Crippen LogP contribution in [-0.4, -0.2) is 32.9 Å². The highest BCUT2D eigenvalue weighted by molar-refractivity contribution is 5.88. The smallest absolute Gasteiger partial charge is 0.147 e. The van der Waals surface area contributed by atoms with Crippen molar-refractivity contribution < 1.29 is 4.39 Å². The molecule has 0 saturated heterocycles. The quantitative estimate of drug-likeness (QED) is 0.770. The SMILES string of the molecule is CC(C)CN1CCn2nc(-c3ccc(F)cc3)c(-c3ccncc3)c2N1. The predicted molar refractivity (Wildman–Crippen MR) is 101 cm³/mol. The standard InChI is InChI=1S/C20H22FN5/c1-14(2)13-25-11-12-26-20(24-25)18(15-7-9-22-10-8-15)19(23-26)16-3-5-17(21)6-4-16/h3-10,14,24H,11-13H2,1-2H3. The maximum atomic E-state index is 13.4. The van der Waals surface area contributed by atoms with Crippen molar-refractivity contribution >= 4 is 5.82 Å². The molecule has 0 spiro atoms. The normalized spacial score (nSPS) is 14.3. The van der Waals surface area contributed by atoms with E-state index in [1.807, 2.05) is 16.8 Å². The number of benzene rings is 1. The molecule has 1 aliphatic heterocycles. The molecule has 5 nitrogen and oxygen atoms in total. The Labute approximate surface area is 152 Å². The Morgan fingerprint density at radius 1 is 1.04 bits per heavy atom. The minimum Gasteiger partial charge on any atom is -0.303 e. The zero-order chi connectivity index (χ0) is 18.1. The number of anilines is 1. The van der Waals surface area contributed by atoms with Gasteiger partial charge in [-0.25, -0.2) is 14.1 Å². The molecule has 134 valence electrons. The van der Waals surface area contributed by atoms with Gasteiger partial charge in [-0.05, 0) is 47.9 Å². The first-order valence-corrected chi connectivity index (χ1v) is 8.90. The molecule has 3 aromatic rings. The van der Waals surface area contributed by atoms with Gasteiger partial charge in [-0.1, -0.05) is 13.8 Å². The van der Waals surface area contributed by atoms with Crippen LogP contribution >= 0.6 is 0 Å². The fourth-order valence-corrected chi connectivity index (χ4v) is 3.34. The van der Waals surface area contributed by atoms with Gasteiger partial charge in [0.05, 0.1) is 12.1 Å². The Kier molecular flexibility index (Phi) is 4.42. The summed E-state index contributed by atoms with van der Waals surface area (Å²) in [6.45, 7) is 7.09. The summed E-state index contributed by atoms with van der Waals surface area (Å²) in [6.07, 6.45) is 3.56. The van der Waals surface area contributed by atoms with Gasteiger partial charge in [0.1, 0.15) is 17.3 Å². The fourth-order valence-electron chi connectivity index (χ4n) is 3.34. The van der Waals surface area contributed by atoms with Crippen LogP contribution in [0.4, 0.5) is 10.2 Å². The zero-order valence-electron chi connectivity index (χ0n) is 15.0. The van der Waals surface area contributed by atoms with Crippen LogP contribution in [0.15, 0.2) is 48.8 Å². The molecule has 0 aliphatic carbocycles. The Morgan fingerprint density at radius 3 is 2.46 bits per heavy atom. The monoisotopic (exact) mass is 351 g/mol. The number of hydrogen-bond acceptors (Lipinski definition) is 4. The molecule has 1 N–H and O–H groups in total. The highest BCUT2D eigenvalue weighted by Gasteiger charge is 2.25. The average molecular weight is 351 g/mol. The number of fused-ring (bicyclic) bond motifs is 1. The Morgan fingerprint density at radius 2 is 1.77 bits per heavy atom. The van der Waals surface area contributed by atoms with E-state index in [1.54, 1.807) is 24.5 Å². The summed E-state index contributed by atoms with van der Waals surface area (Å²) in [5.41, 5.74) is 7.35. The van der Waals surface area contributed by atoms with Crippen molar-refractivity contribution in [2.75, 3.05) is 18.5 Å². The van der Waals surface area contributed by atoms with Gasteiger partial charge >= 0.3 is 0 Å². The van der Waals surface area contributed by atoms with Crippen molar-refractivity contribution in [1.82, 2.24) is 19.8 Å². The fraction of sp³-hybridized carbons (Fsp3) is 0.300. The summed E-state index contributed by atoms with van der Waals surface area (Å²) in [6, 6.07) is 10.5. The molecule has 0 bridgehead atoms. The van der Waals surface area contributed by atoms with E-state index in [-0.39, 0.29) is 5.82 Å². The first-order chi connectivity index (χ1) is 12.6.